The minimum Gasteiger partial charge on any atom is -1.00 e. The van der Waals surface area contributed by atoms with E-state index in [1.54, 1.807) is 61.7 Å². The molecule has 0 saturated carbocycles. The third kappa shape index (κ3) is 5.60. The van der Waals surface area contributed by atoms with E-state index < -0.39 is 16.1 Å². The van der Waals surface area contributed by atoms with Crippen molar-refractivity contribution in [2.24, 2.45) is 0 Å². The Morgan fingerprint density at radius 3 is 2.15 bits per heavy atom. The number of likely N-dealkylation sites (N-methyl/N-ethyl adjacent to an activating group) is 1. The van der Waals surface area contributed by atoms with Crippen LogP contribution in [0.2, 0.25) is 0 Å². The summed E-state index contributed by atoms with van der Waals surface area (Å²) in [6.07, 6.45) is -0.786. The topological polar surface area (TPSA) is 71.3 Å². The molecule has 0 aliphatic rings. The smallest absolute Gasteiger partial charge is 0.264 e. The van der Waals surface area contributed by atoms with E-state index in [2.05, 4.69) is 0 Å². The largest absolute Gasteiger partial charge is 1.00 e. The monoisotopic (exact) mass is 400 g/mol. The second-order valence-electron chi connectivity index (χ2n) is 6.11. The lowest BCUT2D eigenvalue weighted by Gasteiger charge is -2.27. The van der Waals surface area contributed by atoms with E-state index in [9.17, 15) is 13.5 Å². The molecule has 0 aliphatic carbocycles. The molecule has 0 heterocycles. The maximum Gasteiger partial charge on any atom is 0.264 e. The summed E-state index contributed by atoms with van der Waals surface area (Å²) in [4.78, 5) is 1.23. The molecule has 1 unspecified atom stereocenters. The van der Waals surface area contributed by atoms with Crippen LogP contribution < -0.4 is 26.3 Å². The second-order valence-corrected chi connectivity index (χ2v) is 7.97. The number of anilines is 1. The molecule has 0 aliphatic heterocycles. The second kappa shape index (κ2) is 9.78. The molecule has 26 heavy (non-hydrogen) atoms. The molecule has 2 aromatic rings. The van der Waals surface area contributed by atoms with Crippen LogP contribution in [-0.2, 0) is 10.0 Å². The van der Waals surface area contributed by atoms with Crippen molar-refractivity contribution in [2.45, 2.75) is 11.0 Å². The Morgan fingerprint density at radius 1 is 1.08 bits per heavy atom. The van der Waals surface area contributed by atoms with Crippen LogP contribution in [0.3, 0.4) is 0 Å². The first-order valence-electron chi connectivity index (χ1n) is 8.03. The highest BCUT2D eigenvalue weighted by molar-refractivity contribution is 7.92. The van der Waals surface area contributed by atoms with Gasteiger partial charge in [0.2, 0.25) is 0 Å². The van der Waals surface area contributed by atoms with Gasteiger partial charge in [0.25, 0.3) is 10.0 Å². The summed E-state index contributed by atoms with van der Waals surface area (Å²) in [6.45, 7) is 0.422. The number of ether oxygens (including phenoxy) is 1. The van der Waals surface area contributed by atoms with Crippen molar-refractivity contribution in [3.05, 3.63) is 54.6 Å². The molecule has 1 atom stereocenters. The number of aliphatic hydroxyl groups excluding tert-OH is 1. The zero-order valence-electron chi connectivity index (χ0n) is 15.1. The molecule has 0 radical (unpaired) electrons. The number of quaternary nitrogens is 1. The lowest BCUT2D eigenvalue weighted by molar-refractivity contribution is -0.861. The van der Waals surface area contributed by atoms with Crippen LogP contribution in [0.25, 0.3) is 0 Å². The Morgan fingerprint density at radius 2 is 1.65 bits per heavy atom. The third-order valence-corrected chi connectivity index (χ3v) is 5.52. The zero-order chi connectivity index (χ0) is 18.4. The number of benzene rings is 2. The van der Waals surface area contributed by atoms with Crippen LogP contribution in [0.4, 0.5) is 5.69 Å². The SMILES string of the molecule is COc1ccc(N(CC(O)C[NH+](C)C)S(=O)(=O)c2ccccc2)cc1.[Cl-]. The van der Waals surface area contributed by atoms with Gasteiger partial charge in [-0.25, -0.2) is 8.42 Å². The minimum atomic E-state index is -3.78. The number of halogens is 1. The molecular formula is C18H25ClN2O4S. The van der Waals surface area contributed by atoms with Crippen LogP contribution in [0.5, 0.6) is 5.75 Å². The highest BCUT2D eigenvalue weighted by Gasteiger charge is 2.27. The fourth-order valence-corrected chi connectivity index (χ4v) is 4.06. The third-order valence-electron chi connectivity index (χ3n) is 3.71. The number of methoxy groups -OCH3 is 1. The summed E-state index contributed by atoms with van der Waals surface area (Å²) in [7, 11) is 1.59. The summed E-state index contributed by atoms with van der Waals surface area (Å²) >= 11 is 0. The van der Waals surface area contributed by atoms with Crippen molar-refractivity contribution in [2.75, 3.05) is 38.6 Å². The number of sulfonamides is 1. The fraction of sp³-hybridized carbons (Fsp3) is 0.333. The Hall–Kier alpha value is -1.80. The molecule has 2 rings (SSSR count). The van der Waals surface area contributed by atoms with Gasteiger partial charge in [-0.3, -0.25) is 4.31 Å². The fourth-order valence-electron chi connectivity index (χ4n) is 2.54. The predicted molar refractivity (Wildman–Crippen MR) is 97.7 cm³/mol. The van der Waals surface area contributed by atoms with Gasteiger partial charge in [0, 0.05) is 0 Å². The Bertz CT molecular complexity index is 768. The molecule has 0 amide bonds. The first-order chi connectivity index (χ1) is 11.8. The lowest BCUT2D eigenvalue weighted by Crippen LogP contribution is -3.07. The predicted octanol–water partition coefficient (Wildman–Crippen LogP) is -2.60. The summed E-state index contributed by atoms with van der Waals surface area (Å²) in [5.41, 5.74) is 0.484. The van der Waals surface area contributed by atoms with E-state index in [0.717, 1.165) is 4.90 Å². The summed E-state index contributed by atoms with van der Waals surface area (Å²) in [5.74, 6) is 0.638. The van der Waals surface area contributed by atoms with Gasteiger partial charge in [0.05, 0.1) is 38.3 Å². The normalized spacial score (nSPS) is 12.3. The summed E-state index contributed by atoms with van der Waals surface area (Å²) in [6, 6.07) is 15.0. The molecule has 2 N–H and O–H groups in total. The van der Waals surface area contributed by atoms with Crippen molar-refractivity contribution in [3.63, 3.8) is 0 Å². The minimum absolute atomic E-state index is 0. The number of hydrogen-bond donors (Lipinski definition) is 2. The lowest BCUT2D eigenvalue weighted by atomic mass is 10.2. The molecule has 6 nitrogen and oxygen atoms in total. The highest BCUT2D eigenvalue weighted by Crippen LogP contribution is 2.25. The van der Waals surface area contributed by atoms with E-state index in [-0.39, 0.29) is 23.8 Å². The van der Waals surface area contributed by atoms with Gasteiger partial charge in [0.15, 0.2) is 0 Å². The highest BCUT2D eigenvalue weighted by atomic mass is 35.5. The molecular weight excluding hydrogens is 376 g/mol. The van der Waals surface area contributed by atoms with Crippen LogP contribution in [0.1, 0.15) is 0 Å². The standard InChI is InChI=1S/C18H24N2O4S.ClH/c1-19(2)13-16(21)14-20(15-9-11-17(24-3)12-10-15)25(22,23)18-7-5-4-6-8-18;/h4-12,16,21H,13-14H2,1-3H3;1H. The van der Waals surface area contributed by atoms with E-state index in [0.29, 0.717) is 18.0 Å². The van der Waals surface area contributed by atoms with E-state index in [4.69, 9.17) is 4.74 Å². The average Bonchev–Trinajstić information content (AvgIpc) is 2.60. The molecule has 8 heteroatoms. The molecule has 144 valence electrons. The quantitative estimate of drug-likeness (QED) is 0.510. The number of hydrogen-bond acceptors (Lipinski definition) is 4. The molecule has 2 aromatic carbocycles. The molecule has 0 aromatic heterocycles. The van der Waals surface area contributed by atoms with Crippen LogP contribution >= 0.6 is 0 Å². The number of nitrogens with one attached hydrogen (secondary N) is 1. The summed E-state index contributed by atoms with van der Waals surface area (Å²) < 4.78 is 32.5. The number of aliphatic hydroxyl groups is 1. The van der Waals surface area contributed by atoms with Gasteiger partial charge in [0.1, 0.15) is 18.4 Å². The van der Waals surface area contributed by atoms with Crippen molar-refractivity contribution >= 4 is 15.7 Å². The van der Waals surface area contributed by atoms with Crippen molar-refractivity contribution in [1.29, 1.82) is 0 Å². The molecule has 0 bridgehead atoms. The zero-order valence-corrected chi connectivity index (χ0v) is 16.7. The molecule has 0 spiro atoms. The van der Waals surface area contributed by atoms with Gasteiger partial charge < -0.3 is 27.2 Å². The van der Waals surface area contributed by atoms with E-state index in [1.165, 1.54) is 4.31 Å². The van der Waals surface area contributed by atoms with Crippen molar-refractivity contribution < 1.29 is 35.6 Å². The molecule has 0 fully saturated rings. The van der Waals surface area contributed by atoms with Gasteiger partial charge in [-0.1, -0.05) is 18.2 Å². The number of rotatable bonds is 8. The van der Waals surface area contributed by atoms with Gasteiger partial charge in [-0.05, 0) is 36.4 Å². The summed E-state index contributed by atoms with van der Waals surface area (Å²) in [5, 5.41) is 10.3. The Balaban J connectivity index is 0.00000338. The van der Waals surface area contributed by atoms with Gasteiger partial charge >= 0.3 is 0 Å². The molecule has 0 saturated heterocycles. The van der Waals surface area contributed by atoms with Crippen LogP contribution in [0, 0.1) is 0 Å². The Labute approximate surface area is 161 Å². The maximum atomic E-state index is 13.1. The van der Waals surface area contributed by atoms with Gasteiger partial charge in [-0.2, -0.15) is 0 Å². The average molecular weight is 401 g/mol. The first-order valence-corrected chi connectivity index (χ1v) is 9.47. The first kappa shape index (κ1) is 22.2. The van der Waals surface area contributed by atoms with E-state index in [1.807, 2.05) is 14.1 Å². The number of nitrogens with zero attached hydrogens (tertiary/aromatic N) is 1. The van der Waals surface area contributed by atoms with Gasteiger partial charge in [-0.15, -0.1) is 0 Å². The van der Waals surface area contributed by atoms with Crippen LogP contribution in [-0.4, -0.2) is 53.9 Å². The Kier molecular flexibility index (Phi) is 8.36. The van der Waals surface area contributed by atoms with E-state index >= 15 is 0 Å². The van der Waals surface area contributed by atoms with Crippen LogP contribution in [0.15, 0.2) is 59.5 Å². The maximum absolute atomic E-state index is 13.1. The van der Waals surface area contributed by atoms with Crippen molar-refractivity contribution in [3.8, 4) is 5.75 Å². The van der Waals surface area contributed by atoms with Crippen molar-refractivity contribution in [1.82, 2.24) is 0 Å².